The third-order valence-corrected chi connectivity index (χ3v) is 3.36. The average Bonchev–Trinajstić information content (AvgIpc) is 2.63. The second-order valence-electron chi connectivity index (χ2n) is 4.24. The molecular formula is C12H21NO3. The van der Waals surface area contributed by atoms with Crippen LogP contribution in [0.25, 0.3) is 0 Å². The smallest absolute Gasteiger partial charge is 0.328 e. The molecule has 16 heavy (non-hydrogen) atoms. The van der Waals surface area contributed by atoms with Gasteiger partial charge in [-0.2, -0.15) is 0 Å². The summed E-state index contributed by atoms with van der Waals surface area (Å²) in [6.07, 6.45) is 2.44. The van der Waals surface area contributed by atoms with Crippen LogP contribution in [0.15, 0.2) is 0 Å². The van der Waals surface area contributed by atoms with Crippen molar-refractivity contribution < 1.29 is 14.3 Å². The average molecular weight is 227 g/mol. The summed E-state index contributed by atoms with van der Waals surface area (Å²) >= 11 is 0. The largest absolute Gasteiger partial charge is 0.464 e. The van der Waals surface area contributed by atoms with E-state index in [1.165, 1.54) is 0 Å². The molecule has 1 amide bonds. The highest BCUT2D eigenvalue weighted by Gasteiger charge is 2.41. The fourth-order valence-corrected chi connectivity index (χ4v) is 2.47. The lowest BCUT2D eigenvalue weighted by molar-refractivity contribution is -0.147. The predicted octanol–water partition coefficient (Wildman–Crippen LogP) is 1.49. The lowest BCUT2D eigenvalue weighted by Crippen LogP contribution is -2.40. The number of ether oxygens (including phenoxy) is 1. The van der Waals surface area contributed by atoms with Crippen LogP contribution in [-0.4, -0.2) is 24.5 Å². The van der Waals surface area contributed by atoms with Crippen LogP contribution >= 0.6 is 0 Å². The zero-order chi connectivity index (χ0) is 12.1. The number of rotatable bonds is 5. The topological polar surface area (TPSA) is 55.4 Å². The minimum Gasteiger partial charge on any atom is -0.464 e. The second-order valence-corrected chi connectivity index (χ2v) is 4.24. The first-order valence-corrected chi connectivity index (χ1v) is 6.09. The van der Waals surface area contributed by atoms with Gasteiger partial charge < -0.3 is 10.1 Å². The Hall–Kier alpha value is -1.06. The molecule has 1 heterocycles. The van der Waals surface area contributed by atoms with Gasteiger partial charge in [-0.3, -0.25) is 4.79 Å². The van der Waals surface area contributed by atoms with Crippen molar-refractivity contribution in [2.45, 2.75) is 46.1 Å². The summed E-state index contributed by atoms with van der Waals surface area (Å²) in [5, 5.41) is 2.72. The Kier molecular flexibility index (Phi) is 4.77. The third-order valence-electron chi connectivity index (χ3n) is 3.36. The van der Waals surface area contributed by atoms with Crippen molar-refractivity contribution in [2.24, 2.45) is 11.8 Å². The maximum atomic E-state index is 11.7. The van der Waals surface area contributed by atoms with E-state index in [0.29, 0.717) is 18.9 Å². The molecule has 2 unspecified atom stereocenters. The van der Waals surface area contributed by atoms with Gasteiger partial charge in [0.1, 0.15) is 6.04 Å². The van der Waals surface area contributed by atoms with Crippen LogP contribution in [0.2, 0.25) is 0 Å². The van der Waals surface area contributed by atoms with Crippen LogP contribution in [0.3, 0.4) is 0 Å². The lowest BCUT2D eigenvalue weighted by atomic mass is 9.82. The Morgan fingerprint density at radius 2 is 2.06 bits per heavy atom. The molecule has 1 fully saturated rings. The SMILES string of the molecule is CCOC(=O)C1NC(=O)CC1C(CC)CC. The van der Waals surface area contributed by atoms with Gasteiger partial charge in [-0.05, 0) is 12.8 Å². The van der Waals surface area contributed by atoms with E-state index in [-0.39, 0.29) is 17.8 Å². The summed E-state index contributed by atoms with van der Waals surface area (Å²) in [6.45, 7) is 6.33. The molecule has 4 nitrogen and oxygen atoms in total. The molecule has 1 rings (SSSR count). The molecule has 0 aromatic rings. The molecular weight excluding hydrogens is 206 g/mol. The molecule has 0 aliphatic carbocycles. The van der Waals surface area contributed by atoms with Crippen molar-refractivity contribution in [3.8, 4) is 0 Å². The molecule has 4 heteroatoms. The van der Waals surface area contributed by atoms with E-state index in [0.717, 1.165) is 12.8 Å². The number of carbonyl (C=O) groups excluding carboxylic acids is 2. The molecule has 2 atom stereocenters. The molecule has 1 N–H and O–H groups in total. The Bertz CT molecular complexity index is 261. The van der Waals surface area contributed by atoms with Crippen molar-refractivity contribution in [3.63, 3.8) is 0 Å². The van der Waals surface area contributed by atoms with Crippen LogP contribution in [0.1, 0.15) is 40.0 Å². The van der Waals surface area contributed by atoms with Gasteiger partial charge in [-0.25, -0.2) is 4.79 Å². The summed E-state index contributed by atoms with van der Waals surface area (Å²) in [5.41, 5.74) is 0. The van der Waals surface area contributed by atoms with Crippen molar-refractivity contribution in [2.75, 3.05) is 6.61 Å². The number of esters is 1. The van der Waals surface area contributed by atoms with Gasteiger partial charge >= 0.3 is 5.97 Å². The summed E-state index contributed by atoms with van der Waals surface area (Å²) in [4.78, 5) is 23.1. The standard InChI is InChI=1S/C12H21NO3/c1-4-8(5-2)9-7-10(14)13-11(9)12(15)16-6-3/h8-9,11H,4-7H2,1-3H3,(H,13,14). The van der Waals surface area contributed by atoms with E-state index in [1.54, 1.807) is 6.92 Å². The predicted molar refractivity (Wildman–Crippen MR) is 60.7 cm³/mol. The van der Waals surface area contributed by atoms with E-state index in [2.05, 4.69) is 19.2 Å². The maximum absolute atomic E-state index is 11.7. The van der Waals surface area contributed by atoms with E-state index >= 15 is 0 Å². The highest BCUT2D eigenvalue weighted by atomic mass is 16.5. The van der Waals surface area contributed by atoms with Crippen LogP contribution in [0, 0.1) is 11.8 Å². The molecule has 1 aliphatic heterocycles. The maximum Gasteiger partial charge on any atom is 0.328 e. The second kappa shape index (κ2) is 5.87. The molecule has 1 aliphatic rings. The van der Waals surface area contributed by atoms with Crippen LogP contribution in [0.5, 0.6) is 0 Å². The van der Waals surface area contributed by atoms with Crippen molar-refractivity contribution in [3.05, 3.63) is 0 Å². The van der Waals surface area contributed by atoms with E-state index in [4.69, 9.17) is 4.74 Å². The summed E-state index contributed by atoms with van der Waals surface area (Å²) < 4.78 is 4.99. The van der Waals surface area contributed by atoms with Gasteiger partial charge in [0.05, 0.1) is 6.61 Å². The van der Waals surface area contributed by atoms with E-state index < -0.39 is 6.04 Å². The Balaban J connectivity index is 2.72. The van der Waals surface area contributed by atoms with Crippen LogP contribution < -0.4 is 5.32 Å². The molecule has 0 spiro atoms. The van der Waals surface area contributed by atoms with E-state index in [9.17, 15) is 9.59 Å². The lowest BCUT2D eigenvalue weighted by Gasteiger charge is -2.24. The van der Waals surface area contributed by atoms with Gasteiger partial charge in [-0.15, -0.1) is 0 Å². The summed E-state index contributed by atoms with van der Waals surface area (Å²) in [6, 6.07) is -0.433. The number of nitrogens with one attached hydrogen (secondary N) is 1. The Morgan fingerprint density at radius 3 is 2.56 bits per heavy atom. The first-order chi connectivity index (χ1) is 7.63. The summed E-state index contributed by atoms with van der Waals surface area (Å²) in [5.74, 6) is 0.190. The fraction of sp³-hybridized carbons (Fsp3) is 0.833. The fourth-order valence-electron chi connectivity index (χ4n) is 2.47. The van der Waals surface area contributed by atoms with Gasteiger partial charge in [0, 0.05) is 12.3 Å². The monoisotopic (exact) mass is 227 g/mol. The Labute approximate surface area is 96.7 Å². The van der Waals surface area contributed by atoms with Gasteiger partial charge in [0.25, 0.3) is 0 Å². The zero-order valence-corrected chi connectivity index (χ0v) is 10.3. The summed E-state index contributed by atoms with van der Waals surface area (Å²) in [7, 11) is 0. The molecule has 0 aromatic carbocycles. The van der Waals surface area contributed by atoms with Gasteiger partial charge in [-0.1, -0.05) is 26.7 Å². The molecule has 0 saturated carbocycles. The number of carbonyl (C=O) groups is 2. The normalized spacial score (nSPS) is 24.6. The molecule has 1 saturated heterocycles. The van der Waals surface area contributed by atoms with Crippen molar-refractivity contribution >= 4 is 11.9 Å². The van der Waals surface area contributed by atoms with E-state index in [1.807, 2.05) is 0 Å². The highest BCUT2D eigenvalue weighted by molar-refractivity contribution is 5.88. The molecule has 0 aromatic heterocycles. The van der Waals surface area contributed by atoms with Crippen molar-refractivity contribution in [1.29, 1.82) is 0 Å². The number of hydrogen-bond donors (Lipinski definition) is 1. The van der Waals surface area contributed by atoms with Crippen LogP contribution in [0.4, 0.5) is 0 Å². The van der Waals surface area contributed by atoms with Crippen LogP contribution in [-0.2, 0) is 14.3 Å². The number of hydrogen-bond acceptors (Lipinski definition) is 3. The minimum absolute atomic E-state index is 0.0325. The first-order valence-electron chi connectivity index (χ1n) is 6.09. The number of amides is 1. The minimum atomic E-state index is -0.433. The Morgan fingerprint density at radius 1 is 1.44 bits per heavy atom. The molecule has 0 bridgehead atoms. The third kappa shape index (κ3) is 2.74. The van der Waals surface area contributed by atoms with Gasteiger partial charge in [0.2, 0.25) is 5.91 Å². The van der Waals surface area contributed by atoms with Crippen molar-refractivity contribution in [1.82, 2.24) is 5.32 Å². The quantitative estimate of drug-likeness (QED) is 0.724. The zero-order valence-electron chi connectivity index (χ0n) is 10.3. The highest BCUT2D eigenvalue weighted by Crippen LogP contribution is 2.30. The molecule has 0 radical (unpaired) electrons. The van der Waals surface area contributed by atoms with Gasteiger partial charge in [0.15, 0.2) is 0 Å². The first kappa shape index (κ1) is 13.0. The molecule has 92 valence electrons.